The van der Waals surface area contributed by atoms with Gasteiger partial charge in [0.15, 0.2) is 6.04 Å². The Morgan fingerprint density at radius 3 is 2.53 bits per heavy atom. The Bertz CT molecular complexity index is 885. The summed E-state index contributed by atoms with van der Waals surface area (Å²) in [5.41, 5.74) is 7.90. The van der Waals surface area contributed by atoms with Gasteiger partial charge < -0.3 is 31.6 Å². The Labute approximate surface area is 178 Å². The second-order valence-electron chi connectivity index (χ2n) is 7.08. The van der Waals surface area contributed by atoms with E-state index in [1.165, 1.54) is 18.7 Å². The molecule has 0 saturated heterocycles. The molecule has 2 aromatic rings. The van der Waals surface area contributed by atoms with Crippen LogP contribution in [0.25, 0.3) is 10.9 Å². The number of carboxylic acid groups (broad SMARTS) is 1. The number of carboxylic acids is 1. The third kappa shape index (κ3) is 6.22. The lowest BCUT2D eigenvalue weighted by atomic mass is 10.0. The summed E-state index contributed by atoms with van der Waals surface area (Å²) in [6.45, 7) is 1.27. The number of carbonyl (C=O) groups is 3. The van der Waals surface area contributed by atoms with Crippen LogP contribution >= 0.6 is 11.8 Å². The molecule has 30 heavy (non-hydrogen) atoms. The number of aliphatic hydroxyl groups excluding tert-OH is 1. The first-order chi connectivity index (χ1) is 14.2. The summed E-state index contributed by atoms with van der Waals surface area (Å²) in [6, 6.07) is 4.35. The summed E-state index contributed by atoms with van der Waals surface area (Å²) in [7, 11) is 0. The van der Waals surface area contributed by atoms with Gasteiger partial charge in [-0.1, -0.05) is 18.2 Å². The Morgan fingerprint density at radius 2 is 1.90 bits per heavy atom. The second kappa shape index (κ2) is 11.0. The van der Waals surface area contributed by atoms with Gasteiger partial charge in [-0.2, -0.15) is 11.8 Å². The van der Waals surface area contributed by atoms with Crippen LogP contribution in [0.1, 0.15) is 18.9 Å². The number of aromatic nitrogens is 1. The Hall–Kier alpha value is -2.56. The molecule has 0 unspecified atom stereocenters. The summed E-state index contributed by atoms with van der Waals surface area (Å²) < 4.78 is 0. The molecule has 2 amide bonds. The highest BCUT2D eigenvalue weighted by Crippen LogP contribution is 2.18. The molecule has 0 saturated carbocycles. The molecule has 1 aromatic heterocycles. The minimum Gasteiger partial charge on any atom is -0.480 e. The van der Waals surface area contributed by atoms with E-state index in [-0.39, 0.29) is 6.42 Å². The van der Waals surface area contributed by atoms with Crippen LogP contribution in [0.2, 0.25) is 0 Å². The monoisotopic (exact) mass is 436 g/mol. The normalized spacial score (nSPS) is 15.2. The number of amides is 2. The summed E-state index contributed by atoms with van der Waals surface area (Å²) in [5, 5.41) is 24.6. The van der Waals surface area contributed by atoms with E-state index in [1.807, 2.05) is 30.5 Å². The van der Waals surface area contributed by atoms with E-state index in [9.17, 15) is 19.5 Å². The largest absolute Gasteiger partial charge is 0.480 e. The number of fused-ring (bicyclic) bond motifs is 1. The van der Waals surface area contributed by atoms with Gasteiger partial charge >= 0.3 is 5.97 Å². The van der Waals surface area contributed by atoms with E-state index in [2.05, 4.69) is 15.6 Å². The van der Waals surface area contributed by atoms with E-state index in [0.717, 1.165) is 16.5 Å². The number of carbonyl (C=O) groups excluding carboxylic acids is 2. The summed E-state index contributed by atoms with van der Waals surface area (Å²) >= 11 is 1.49. The van der Waals surface area contributed by atoms with Crippen molar-refractivity contribution in [2.45, 2.75) is 44.0 Å². The van der Waals surface area contributed by atoms with E-state index in [4.69, 9.17) is 10.8 Å². The third-order valence-electron chi connectivity index (χ3n) is 4.74. The van der Waals surface area contributed by atoms with E-state index >= 15 is 0 Å². The van der Waals surface area contributed by atoms with Crippen molar-refractivity contribution >= 4 is 40.4 Å². The molecule has 0 aliphatic carbocycles. The maximum atomic E-state index is 12.6. The molecule has 7 N–H and O–H groups in total. The smallest absolute Gasteiger partial charge is 0.328 e. The molecule has 1 heterocycles. The van der Waals surface area contributed by atoms with Crippen LogP contribution in [-0.2, 0) is 20.8 Å². The first-order valence-electron chi connectivity index (χ1n) is 9.55. The molecule has 0 aliphatic heterocycles. The number of thioether (sulfide) groups is 1. The lowest BCUT2D eigenvalue weighted by molar-refractivity contribution is -0.145. The van der Waals surface area contributed by atoms with Crippen molar-refractivity contribution in [2.24, 2.45) is 5.73 Å². The molecule has 0 fully saturated rings. The highest BCUT2D eigenvalue weighted by molar-refractivity contribution is 7.98. The number of aliphatic hydroxyl groups is 1. The zero-order valence-corrected chi connectivity index (χ0v) is 17.7. The summed E-state index contributed by atoms with van der Waals surface area (Å²) in [4.78, 5) is 39.6. The topological polar surface area (TPSA) is 158 Å². The SMILES string of the molecule is CSCC[C@H](NC(=O)[C@@H](N)Cc1c[nH]c2ccccc12)C(=O)N[C@H](C(=O)O)[C@@H](C)O. The highest BCUT2D eigenvalue weighted by atomic mass is 32.2. The van der Waals surface area contributed by atoms with Crippen LogP contribution < -0.4 is 16.4 Å². The maximum absolute atomic E-state index is 12.6. The number of hydrogen-bond acceptors (Lipinski definition) is 6. The van der Waals surface area contributed by atoms with Gasteiger partial charge in [0.1, 0.15) is 6.04 Å². The molecule has 0 aliphatic rings. The van der Waals surface area contributed by atoms with Gasteiger partial charge in [0.25, 0.3) is 0 Å². The predicted molar refractivity (Wildman–Crippen MR) is 116 cm³/mol. The minimum absolute atomic E-state index is 0.276. The molecule has 2 rings (SSSR count). The van der Waals surface area contributed by atoms with Crippen molar-refractivity contribution in [1.82, 2.24) is 15.6 Å². The maximum Gasteiger partial charge on any atom is 0.328 e. The second-order valence-corrected chi connectivity index (χ2v) is 8.06. The van der Waals surface area contributed by atoms with E-state index < -0.39 is 42.0 Å². The van der Waals surface area contributed by atoms with Gasteiger partial charge in [-0.25, -0.2) is 4.79 Å². The molecule has 10 heteroatoms. The number of H-pyrrole nitrogens is 1. The molecular formula is C20H28N4O5S. The number of hydrogen-bond donors (Lipinski definition) is 6. The van der Waals surface area contributed by atoms with Crippen LogP contribution in [0.3, 0.4) is 0 Å². The van der Waals surface area contributed by atoms with Gasteiger partial charge in [0, 0.05) is 17.1 Å². The van der Waals surface area contributed by atoms with Crippen molar-refractivity contribution in [3.63, 3.8) is 0 Å². The zero-order chi connectivity index (χ0) is 22.3. The number of aromatic amines is 1. The highest BCUT2D eigenvalue weighted by Gasteiger charge is 2.30. The third-order valence-corrected chi connectivity index (χ3v) is 5.39. The first kappa shape index (κ1) is 23.7. The van der Waals surface area contributed by atoms with Crippen molar-refractivity contribution in [1.29, 1.82) is 0 Å². The minimum atomic E-state index is -1.47. The molecule has 0 radical (unpaired) electrons. The van der Waals surface area contributed by atoms with Gasteiger partial charge in [-0.3, -0.25) is 9.59 Å². The Morgan fingerprint density at radius 1 is 1.20 bits per heavy atom. The van der Waals surface area contributed by atoms with Crippen molar-refractivity contribution in [2.75, 3.05) is 12.0 Å². The molecular weight excluding hydrogens is 408 g/mol. The van der Waals surface area contributed by atoms with Gasteiger partial charge in [0.05, 0.1) is 12.1 Å². The lowest BCUT2D eigenvalue weighted by Crippen LogP contribution is -2.56. The number of nitrogens with two attached hydrogens (primary N) is 1. The fourth-order valence-electron chi connectivity index (χ4n) is 3.06. The average Bonchev–Trinajstić information content (AvgIpc) is 3.11. The average molecular weight is 437 g/mol. The van der Waals surface area contributed by atoms with Crippen molar-refractivity contribution in [3.05, 3.63) is 36.0 Å². The molecule has 0 bridgehead atoms. The molecule has 0 spiro atoms. The predicted octanol–water partition coefficient (Wildman–Crippen LogP) is 0.226. The summed E-state index contributed by atoms with van der Waals surface area (Å²) in [5.74, 6) is -1.97. The van der Waals surface area contributed by atoms with Crippen LogP contribution in [0.5, 0.6) is 0 Å². The van der Waals surface area contributed by atoms with Gasteiger partial charge in [0.2, 0.25) is 11.8 Å². The molecule has 4 atom stereocenters. The fraction of sp³-hybridized carbons (Fsp3) is 0.450. The van der Waals surface area contributed by atoms with Crippen LogP contribution in [0, 0.1) is 0 Å². The van der Waals surface area contributed by atoms with E-state index in [1.54, 1.807) is 6.20 Å². The van der Waals surface area contributed by atoms with Crippen molar-refractivity contribution in [3.8, 4) is 0 Å². The molecule has 9 nitrogen and oxygen atoms in total. The Kier molecular flexibility index (Phi) is 8.70. The van der Waals surface area contributed by atoms with E-state index in [0.29, 0.717) is 12.2 Å². The number of benzene rings is 1. The summed E-state index contributed by atoms with van der Waals surface area (Å²) in [6.07, 6.45) is 2.95. The van der Waals surface area contributed by atoms with Gasteiger partial charge in [-0.15, -0.1) is 0 Å². The lowest BCUT2D eigenvalue weighted by Gasteiger charge is -2.23. The number of rotatable bonds is 11. The molecule has 1 aromatic carbocycles. The standard InChI is InChI=1S/C20H28N4O5S/c1-11(25)17(20(28)29)24-19(27)16(7-8-30-2)23-18(26)14(21)9-12-10-22-15-6-4-3-5-13(12)15/h3-6,10-11,14,16-17,22,25H,7-9,21H2,1-2H3,(H,23,26)(H,24,27)(H,28,29)/t11-,14+,16+,17+/m1/s1. The zero-order valence-electron chi connectivity index (χ0n) is 16.9. The number of nitrogens with one attached hydrogen (secondary N) is 3. The Balaban J connectivity index is 2.05. The first-order valence-corrected chi connectivity index (χ1v) is 10.9. The van der Waals surface area contributed by atoms with Crippen molar-refractivity contribution < 1.29 is 24.6 Å². The van der Waals surface area contributed by atoms with Gasteiger partial charge in [-0.05, 0) is 43.4 Å². The number of para-hydroxylation sites is 1. The van der Waals surface area contributed by atoms with Crippen LogP contribution in [-0.4, -0.2) is 69.2 Å². The van der Waals surface area contributed by atoms with Crippen LogP contribution in [0.4, 0.5) is 0 Å². The van der Waals surface area contributed by atoms with Crippen LogP contribution in [0.15, 0.2) is 30.5 Å². The number of aliphatic carboxylic acids is 1. The molecule has 164 valence electrons. The fourth-order valence-corrected chi connectivity index (χ4v) is 3.53. The quantitative estimate of drug-likeness (QED) is 0.294.